The number of aromatic nitrogens is 1. The highest BCUT2D eigenvalue weighted by atomic mass is 127. The van der Waals surface area contributed by atoms with Gasteiger partial charge in [0.15, 0.2) is 0 Å². The molecule has 0 spiro atoms. The molecule has 0 saturated carbocycles. The summed E-state index contributed by atoms with van der Waals surface area (Å²) in [6.45, 7) is 2.02. The maximum Gasteiger partial charge on any atom is 0.278 e. The van der Waals surface area contributed by atoms with E-state index < -0.39 is 11.7 Å². The fourth-order valence-corrected chi connectivity index (χ4v) is 2.33. The molecule has 8 heteroatoms. The molecule has 1 aromatic carbocycles. The zero-order valence-electron chi connectivity index (χ0n) is 12.5. The van der Waals surface area contributed by atoms with Crippen molar-refractivity contribution in [3.05, 3.63) is 55.6 Å². The topological polar surface area (TPSA) is 72.4 Å². The Morgan fingerprint density at radius 3 is 2.74 bits per heavy atom. The number of carbonyl (C=O) groups excluding carboxylic acids is 1. The Balaban J connectivity index is 2.45. The van der Waals surface area contributed by atoms with Crippen molar-refractivity contribution >= 4 is 40.0 Å². The zero-order chi connectivity index (χ0) is 17.0. The molecule has 0 bridgehead atoms. The third-order valence-corrected chi connectivity index (χ3v) is 3.72. The number of rotatable bonds is 5. The van der Waals surface area contributed by atoms with E-state index in [9.17, 15) is 14.0 Å². The highest BCUT2D eigenvalue weighted by Gasteiger charge is 2.16. The smallest absolute Gasteiger partial charge is 0.278 e. The Bertz CT molecular complexity index is 792. The van der Waals surface area contributed by atoms with Gasteiger partial charge in [-0.2, -0.15) is 0 Å². The van der Waals surface area contributed by atoms with Gasteiger partial charge in [-0.15, -0.1) is 0 Å². The normalized spacial score (nSPS) is 10.4. The van der Waals surface area contributed by atoms with Gasteiger partial charge in [0.05, 0.1) is 17.9 Å². The van der Waals surface area contributed by atoms with Gasteiger partial charge >= 0.3 is 0 Å². The van der Waals surface area contributed by atoms with E-state index in [0.29, 0.717) is 6.61 Å². The lowest BCUT2D eigenvalue weighted by molar-refractivity contribution is 0.0365. The lowest BCUT2D eigenvalue weighted by atomic mass is 10.2. The number of nitrogens with zero attached hydrogens (tertiary/aromatic N) is 1. The molecule has 2 aromatic rings. The molecular formula is C15H15FIN3O3. The van der Waals surface area contributed by atoms with Gasteiger partial charge in [0.1, 0.15) is 11.6 Å². The predicted octanol–water partition coefficient (Wildman–Crippen LogP) is 2.55. The Kier molecular flexibility index (Phi) is 5.72. The zero-order valence-corrected chi connectivity index (χ0v) is 14.7. The van der Waals surface area contributed by atoms with Crippen LogP contribution in [0.4, 0.5) is 15.9 Å². The Labute approximate surface area is 145 Å². The molecule has 0 unspecified atom stereocenters. The Morgan fingerprint density at radius 1 is 1.35 bits per heavy atom. The first-order valence-corrected chi connectivity index (χ1v) is 7.86. The van der Waals surface area contributed by atoms with Crippen LogP contribution in [-0.4, -0.2) is 17.1 Å². The van der Waals surface area contributed by atoms with Crippen molar-refractivity contribution in [1.82, 2.24) is 10.0 Å². The fourth-order valence-electron chi connectivity index (χ4n) is 1.88. The quantitative estimate of drug-likeness (QED) is 0.564. The van der Waals surface area contributed by atoms with Gasteiger partial charge in [-0.05, 0) is 53.8 Å². The first kappa shape index (κ1) is 17.4. The maximum atomic E-state index is 14.0. The first-order chi connectivity index (χ1) is 10.9. The largest absolute Gasteiger partial charge is 0.339 e. The van der Waals surface area contributed by atoms with Gasteiger partial charge < -0.3 is 5.32 Å². The molecule has 0 atom stereocenters. The molecule has 23 heavy (non-hydrogen) atoms. The summed E-state index contributed by atoms with van der Waals surface area (Å²) in [5.41, 5.74) is 2.26. The molecule has 0 radical (unpaired) electrons. The maximum absolute atomic E-state index is 14.0. The molecule has 2 rings (SSSR count). The van der Waals surface area contributed by atoms with E-state index in [1.165, 1.54) is 29.8 Å². The van der Waals surface area contributed by atoms with E-state index in [-0.39, 0.29) is 22.6 Å². The second-order valence-electron chi connectivity index (χ2n) is 4.61. The predicted molar refractivity (Wildman–Crippen MR) is 93.2 cm³/mol. The third-order valence-electron chi connectivity index (χ3n) is 3.05. The van der Waals surface area contributed by atoms with E-state index in [4.69, 9.17) is 4.84 Å². The first-order valence-electron chi connectivity index (χ1n) is 6.78. The van der Waals surface area contributed by atoms with Crippen molar-refractivity contribution in [2.45, 2.75) is 6.92 Å². The second kappa shape index (κ2) is 7.55. The van der Waals surface area contributed by atoms with Gasteiger partial charge in [-0.25, -0.2) is 9.87 Å². The number of hydrogen-bond donors (Lipinski definition) is 2. The molecular weight excluding hydrogens is 416 g/mol. The van der Waals surface area contributed by atoms with Crippen molar-refractivity contribution in [3.8, 4) is 0 Å². The molecule has 1 heterocycles. The summed E-state index contributed by atoms with van der Waals surface area (Å²) in [4.78, 5) is 28.8. The van der Waals surface area contributed by atoms with Crippen molar-refractivity contribution in [3.63, 3.8) is 0 Å². The number of hydrogen-bond acceptors (Lipinski definition) is 4. The summed E-state index contributed by atoms with van der Waals surface area (Å²) in [5, 5.41) is 2.80. The summed E-state index contributed by atoms with van der Waals surface area (Å²) in [6.07, 6.45) is 0. The van der Waals surface area contributed by atoms with Crippen LogP contribution in [0.25, 0.3) is 0 Å². The van der Waals surface area contributed by atoms with Crippen LogP contribution in [-0.2, 0) is 11.9 Å². The molecule has 0 aliphatic carbocycles. The lowest BCUT2D eigenvalue weighted by Gasteiger charge is -2.16. The highest BCUT2D eigenvalue weighted by Crippen LogP contribution is 2.23. The molecule has 0 saturated heterocycles. The summed E-state index contributed by atoms with van der Waals surface area (Å²) >= 11 is 1.99. The standard InChI is InChI=1S/C15H15FIN3O3/c1-3-23-19-15(22)10-5-7-13(21)20(2)14(10)18-12-6-4-9(17)8-11(12)16/h4-8,18H,3H2,1-2H3,(H,19,22). The molecule has 0 fully saturated rings. The number of benzene rings is 1. The van der Waals surface area contributed by atoms with E-state index >= 15 is 0 Å². The SMILES string of the molecule is CCONC(=O)c1ccc(=O)n(C)c1Nc1ccc(I)cc1F. The molecule has 1 aromatic heterocycles. The van der Waals surface area contributed by atoms with E-state index in [1.54, 1.807) is 19.1 Å². The number of hydroxylamine groups is 1. The van der Waals surface area contributed by atoms with Crippen LogP contribution < -0.4 is 16.4 Å². The number of pyridine rings is 1. The van der Waals surface area contributed by atoms with Crippen molar-refractivity contribution in [2.75, 3.05) is 11.9 Å². The minimum absolute atomic E-state index is 0.164. The van der Waals surface area contributed by atoms with Crippen LogP contribution >= 0.6 is 22.6 Å². The van der Waals surface area contributed by atoms with Crippen LogP contribution in [0.5, 0.6) is 0 Å². The molecule has 1 amide bonds. The third kappa shape index (κ3) is 4.08. The number of amides is 1. The minimum Gasteiger partial charge on any atom is -0.339 e. The van der Waals surface area contributed by atoms with Crippen LogP contribution in [0.1, 0.15) is 17.3 Å². The van der Waals surface area contributed by atoms with Gasteiger partial charge in [0.25, 0.3) is 11.5 Å². The Hall–Kier alpha value is -1.94. The molecule has 0 aliphatic heterocycles. The Morgan fingerprint density at radius 2 is 2.09 bits per heavy atom. The second-order valence-corrected chi connectivity index (χ2v) is 5.85. The summed E-state index contributed by atoms with van der Waals surface area (Å²) in [7, 11) is 1.49. The van der Waals surface area contributed by atoms with E-state index in [0.717, 1.165) is 3.57 Å². The summed E-state index contributed by atoms with van der Waals surface area (Å²) < 4.78 is 16.0. The van der Waals surface area contributed by atoms with Crippen LogP contribution in [0, 0.1) is 9.39 Å². The van der Waals surface area contributed by atoms with Crippen molar-refractivity contribution < 1.29 is 14.0 Å². The van der Waals surface area contributed by atoms with Gasteiger partial charge in [-0.1, -0.05) is 0 Å². The fraction of sp³-hybridized carbons (Fsp3) is 0.200. The van der Waals surface area contributed by atoms with Crippen molar-refractivity contribution in [2.24, 2.45) is 7.05 Å². The molecule has 0 aliphatic rings. The van der Waals surface area contributed by atoms with Gasteiger partial charge in [0.2, 0.25) is 0 Å². The summed E-state index contributed by atoms with van der Waals surface area (Å²) in [5.74, 6) is -0.838. The van der Waals surface area contributed by atoms with Crippen molar-refractivity contribution in [1.29, 1.82) is 0 Å². The average Bonchev–Trinajstić information content (AvgIpc) is 2.52. The number of anilines is 2. The highest BCUT2D eigenvalue weighted by molar-refractivity contribution is 14.1. The molecule has 2 N–H and O–H groups in total. The molecule has 122 valence electrons. The molecule has 6 nitrogen and oxygen atoms in total. The number of carbonyl (C=O) groups is 1. The summed E-state index contributed by atoms with van der Waals surface area (Å²) in [6, 6.07) is 7.23. The van der Waals surface area contributed by atoms with Gasteiger partial charge in [0, 0.05) is 16.7 Å². The van der Waals surface area contributed by atoms with E-state index in [2.05, 4.69) is 10.8 Å². The van der Waals surface area contributed by atoms with Crippen LogP contribution in [0.3, 0.4) is 0 Å². The number of nitrogens with one attached hydrogen (secondary N) is 2. The average molecular weight is 431 g/mol. The monoisotopic (exact) mass is 431 g/mol. The van der Waals surface area contributed by atoms with Crippen LogP contribution in [0.2, 0.25) is 0 Å². The number of halogens is 2. The van der Waals surface area contributed by atoms with Gasteiger partial charge in [-0.3, -0.25) is 19.0 Å². The minimum atomic E-state index is -0.532. The van der Waals surface area contributed by atoms with Crippen LogP contribution in [0.15, 0.2) is 35.1 Å². The van der Waals surface area contributed by atoms with E-state index in [1.807, 2.05) is 22.6 Å². The lowest BCUT2D eigenvalue weighted by Crippen LogP contribution is -2.28.